The molecule has 1 atom stereocenters. The third-order valence-electron chi connectivity index (χ3n) is 3.64. The molecule has 21 heavy (non-hydrogen) atoms. The van der Waals surface area contributed by atoms with E-state index in [0.29, 0.717) is 0 Å². The summed E-state index contributed by atoms with van der Waals surface area (Å²) >= 11 is 0. The van der Waals surface area contributed by atoms with Crippen LogP contribution in [0.4, 0.5) is 0 Å². The third kappa shape index (κ3) is 4.33. The van der Waals surface area contributed by atoms with Gasteiger partial charge in [-0.1, -0.05) is 49.7 Å². The van der Waals surface area contributed by atoms with Crippen molar-refractivity contribution in [1.82, 2.24) is 0 Å². The van der Waals surface area contributed by atoms with Crippen molar-refractivity contribution in [3.63, 3.8) is 0 Å². The van der Waals surface area contributed by atoms with Gasteiger partial charge >= 0.3 is 0 Å². The molecule has 0 bridgehead atoms. The number of benzene rings is 2. The number of aryl methyl sites for hydroxylation is 3. The molecule has 0 aliphatic carbocycles. The van der Waals surface area contributed by atoms with E-state index in [1.54, 1.807) is 0 Å². The first-order valence-electron chi connectivity index (χ1n) is 7.57. The summed E-state index contributed by atoms with van der Waals surface area (Å²) in [6.07, 6.45) is 1.62. The summed E-state index contributed by atoms with van der Waals surface area (Å²) in [6.45, 7) is 6.49. The molecule has 0 spiro atoms. The van der Waals surface area contributed by atoms with E-state index < -0.39 is 6.10 Å². The van der Waals surface area contributed by atoms with Crippen LogP contribution in [0.2, 0.25) is 0 Å². The number of aliphatic hydroxyl groups is 1. The van der Waals surface area contributed by atoms with Crippen LogP contribution < -0.4 is 4.74 Å². The van der Waals surface area contributed by atoms with Gasteiger partial charge in [0.2, 0.25) is 0 Å². The van der Waals surface area contributed by atoms with Crippen LogP contribution in [0.5, 0.6) is 5.75 Å². The van der Waals surface area contributed by atoms with E-state index in [1.165, 1.54) is 5.56 Å². The molecule has 0 aliphatic rings. The molecule has 0 radical (unpaired) electrons. The molecule has 2 rings (SSSR count). The fourth-order valence-electron chi connectivity index (χ4n) is 2.32. The van der Waals surface area contributed by atoms with Crippen molar-refractivity contribution in [2.24, 2.45) is 0 Å². The number of rotatable bonds is 6. The Balaban J connectivity index is 1.97. The number of aliphatic hydroxyl groups excluding tert-OH is 1. The second-order valence-corrected chi connectivity index (χ2v) is 5.59. The van der Waals surface area contributed by atoms with Gasteiger partial charge in [-0.15, -0.1) is 0 Å². The van der Waals surface area contributed by atoms with Crippen LogP contribution in [0, 0.1) is 13.8 Å². The molecule has 0 saturated carbocycles. The maximum absolute atomic E-state index is 10.2. The molecular weight excluding hydrogens is 260 g/mol. The molecule has 2 nitrogen and oxygen atoms in total. The van der Waals surface area contributed by atoms with E-state index in [2.05, 4.69) is 25.1 Å². The van der Waals surface area contributed by atoms with Gasteiger partial charge in [0.25, 0.3) is 0 Å². The van der Waals surface area contributed by atoms with Crippen LogP contribution in [-0.4, -0.2) is 11.7 Å². The fourth-order valence-corrected chi connectivity index (χ4v) is 2.32. The van der Waals surface area contributed by atoms with Gasteiger partial charge < -0.3 is 9.84 Å². The molecule has 0 aliphatic heterocycles. The predicted molar refractivity (Wildman–Crippen MR) is 86.8 cm³/mol. The van der Waals surface area contributed by atoms with E-state index in [1.807, 2.05) is 38.1 Å². The van der Waals surface area contributed by atoms with E-state index in [0.717, 1.165) is 35.3 Å². The number of hydrogen-bond acceptors (Lipinski definition) is 2. The van der Waals surface area contributed by atoms with Gasteiger partial charge in [0.05, 0.1) is 0 Å². The van der Waals surface area contributed by atoms with E-state index in [-0.39, 0.29) is 6.61 Å². The molecule has 0 saturated heterocycles. The highest BCUT2D eigenvalue weighted by molar-refractivity contribution is 5.36. The van der Waals surface area contributed by atoms with E-state index in [9.17, 15) is 5.11 Å². The van der Waals surface area contributed by atoms with Gasteiger partial charge in [0, 0.05) is 0 Å². The maximum Gasteiger partial charge on any atom is 0.122 e. The minimum Gasteiger partial charge on any atom is -0.490 e. The summed E-state index contributed by atoms with van der Waals surface area (Å²) in [5, 5.41) is 10.2. The first kappa shape index (κ1) is 15.6. The summed E-state index contributed by atoms with van der Waals surface area (Å²) in [4.78, 5) is 0. The van der Waals surface area contributed by atoms with Gasteiger partial charge in [-0.3, -0.25) is 0 Å². The lowest BCUT2D eigenvalue weighted by Gasteiger charge is -2.15. The minimum atomic E-state index is -0.597. The molecule has 1 N–H and O–H groups in total. The van der Waals surface area contributed by atoms with Crippen molar-refractivity contribution < 1.29 is 9.84 Å². The van der Waals surface area contributed by atoms with Crippen molar-refractivity contribution in [1.29, 1.82) is 0 Å². The Bertz CT molecular complexity index is 573. The summed E-state index contributed by atoms with van der Waals surface area (Å²) < 4.78 is 5.76. The Kier molecular flexibility index (Phi) is 5.40. The largest absolute Gasteiger partial charge is 0.490 e. The molecule has 112 valence electrons. The van der Waals surface area contributed by atoms with Crippen molar-refractivity contribution in [2.45, 2.75) is 39.7 Å². The topological polar surface area (TPSA) is 29.5 Å². The standard InChI is InChI=1S/C19H24O2/c1-4-5-16-8-10-17(11-9-16)18(20)13-21-19-12-14(2)6-7-15(19)3/h6-12,18,20H,4-5,13H2,1-3H3. The highest BCUT2D eigenvalue weighted by Crippen LogP contribution is 2.22. The first-order valence-corrected chi connectivity index (χ1v) is 7.57. The van der Waals surface area contributed by atoms with Gasteiger partial charge in [-0.25, -0.2) is 0 Å². The van der Waals surface area contributed by atoms with Crippen molar-refractivity contribution in [3.8, 4) is 5.75 Å². The molecule has 0 aromatic heterocycles. The fraction of sp³-hybridized carbons (Fsp3) is 0.368. The molecule has 1 unspecified atom stereocenters. The van der Waals surface area contributed by atoms with Crippen molar-refractivity contribution in [2.75, 3.05) is 6.61 Å². The first-order chi connectivity index (χ1) is 10.1. The summed E-state index contributed by atoms with van der Waals surface area (Å²) in [5.74, 6) is 0.844. The van der Waals surface area contributed by atoms with Gasteiger partial charge in [-0.05, 0) is 48.6 Å². The minimum absolute atomic E-state index is 0.275. The molecule has 0 heterocycles. The lowest BCUT2D eigenvalue weighted by Crippen LogP contribution is -2.10. The quantitative estimate of drug-likeness (QED) is 0.853. The molecule has 0 fully saturated rings. The molecule has 2 heteroatoms. The Morgan fingerprint density at radius 3 is 2.43 bits per heavy atom. The average Bonchev–Trinajstić information content (AvgIpc) is 2.49. The lowest BCUT2D eigenvalue weighted by atomic mass is 10.0. The number of hydrogen-bond donors (Lipinski definition) is 1. The van der Waals surface area contributed by atoms with Crippen LogP contribution in [0.1, 0.15) is 41.7 Å². The zero-order valence-electron chi connectivity index (χ0n) is 13.1. The van der Waals surface area contributed by atoms with Gasteiger partial charge in [-0.2, -0.15) is 0 Å². The van der Waals surface area contributed by atoms with Crippen LogP contribution in [-0.2, 0) is 6.42 Å². The normalized spacial score (nSPS) is 12.2. The van der Waals surface area contributed by atoms with Crippen LogP contribution in [0.25, 0.3) is 0 Å². The van der Waals surface area contributed by atoms with Gasteiger partial charge in [0.15, 0.2) is 0 Å². The Labute approximate surface area is 127 Å². The SMILES string of the molecule is CCCc1ccc(C(O)COc2cc(C)ccc2C)cc1. The second kappa shape index (κ2) is 7.28. The Morgan fingerprint density at radius 1 is 1.05 bits per heavy atom. The van der Waals surface area contributed by atoms with E-state index in [4.69, 9.17) is 4.74 Å². The Hall–Kier alpha value is -1.80. The van der Waals surface area contributed by atoms with Crippen LogP contribution in [0.15, 0.2) is 42.5 Å². The lowest BCUT2D eigenvalue weighted by molar-refractivity contribution is 0.108. The number of ether oxygens (including phenoxy) is 1. The molecule has 0 amide bonds. The summed E-state index contributed by atoms with van der Waals surface area (Å²) in [5.41, 5.74) is 4.46. The molecule has 2 aromatic carbocycles. The second-order valence-electron chi connectivity index (χ2n) is 5.59. The third-order valence-corrected chi connectivity index (χ3v) is 3.64. The molecule has 2 aromatic rings. The van der Waals surface area contributed by atoms with Crippen molar-refractivity contribution in [3.05, 3.63) is 64.7 Å². The maximum atomic E-state index is 10.2. The van der Waals surface area contributed by atoms with E-state index >= 15 is 0 Å². The molecular formula is C19H24O2. The monoisotopic (exact) mass is 284 g/mol. The van der Waals surface area contributed by atoms with Crippen molar-refractivity contribution >= 4 is 0 Å². The van der Waals surface area contributed by atoms with Gasteiger partial charge in [0.1, 0.15) is 18.5 Å². The predicted octanol–water partition coefficient (Wildman–Crippen LogP) is 4.37. The average molecular weight is 284 g/mol. The summed E-state index contributed by atoms with van der Waals surface area (Å²) in [6, 6.07) is 14.2. The van der Waals surface area contributed by atoms with Crippen LogP contribution >= 0.6 is 0 Å². The smallest absolute Gasteiger partial charge is 0.122 e. The highest BCUT2D eigenvalue weighted by Gasteiger charge is 2.09. The zero-order valence-corrected chi connectivity index (χ0v) is 13.1. The zero-order chi connectivity index (χ0) is 15.2. The summed E-state index contributed by atoms with van der Waals surface area (Å²) in [7, 11) is 0. The highest BCUT2D eigenvalue weighted by atomic mass is 16.5. The Morgan fingerprint density at radius 2 is 1.76 bits per heavy atom. The van der Waals surface area contributed by atoms with Crippen LogP contribution in [0.3, 0.4) is 0 Å².